The molecule has 112 valence electrons. The number of ketones is 1. The molecule has 0 aliphatic heterocycles. The van der Waals surface area contributed by atoms with Crippen molar-refractivity contribution in [1.29, 1.82) is 0 Å². The Hall–Kier alpha value is -0.160. The van der Waals surface area contributed by atoms with E-state index < -0.39 is 11.9 Å². The van der Waals surface area contributed by atoms with Crippen LogP contribution in [0.4, 0.5) is 0 Å². The topological polar surface area (TPSA) is 54.4 Å². The SMILES string of the molecule is CC1=C2[C@@H](Br)[C@H](C(C)C(=O)O)CC[C@]2(C)CC(Br)C1=O. The van der Waals surface area contributed by atoms with Gasteiger partial charge in [-0.05, 0) is 48.7 Å². The summed E-state index contributed by atoms with van der Waals surface area (Å²) in [5.41, 5.74) is 1.93. The summed E-state index contributed by atoms with van der Waals surface area (Å²) in [5.74, 6) is -0.974. The van der Waals surface area contributed by atoms with Gasteiger partial charge in [-0.3, -0.25) is 9.59 Å². The van der Waals surface area contributed by atoms with Crippen molar-refractivity contribution in [3.63, 3.8) is 0 Å². The van der Waals surface area contributed by atoms with Gasteiger partial charge in [0.25, 0.3) is 0 Å². The first-order valence-corrected chi connectivity index (χ1v) is 8.78. The largest absolute Gasteiger partial charge is 0.481 e. The highest BCUT2D eigenvalue weighted by molar-refractivity contribution is 9.10. The summed E-state index contributed by atoms with van der Waals surface area (Å²) in [6.45, 7) is 5.84. The number of carbonyl (C=O) groups is 2. The zero-order valence-corrected chi connectivity index (χ0v) is 15.1. The molecule has 2 aliphatic rings. The van der Waals surface area contributed by atoms with E-state index in [1.54, 1.807) is 6.92 Å². The van der Waals surface area contributed by atoms with Gasteiger partial charge in [-0.2, -0.15) is 0 Å². The summed E-state index contributed by atoms with van der Waals surface area (Å²) >= 11 is 7.19. The van der Waals surface area contributed by atoms with Gasteiger partial charge in [0.05, 0.1) is 10.7 Å². The predicted octanol–water partition coefficient (Wildman–Crippen LogP) is 3.94. The number of hydrogen-bond donors (Lipinski definition) is 1. The van der Waals surface area contributed by atoms with Gasteiger partial charge in [0.2, 0.25) is 0 Å². The van der Waals surface area contributed by atoms with E-state index in [1.807, 2.05) is 6.92 Å². The molecule has 0 radical (unpaired) electrons. The minimum atomic E-state index is -0.762. The summed E-state index contributed by atoms with van der Waals surface area (Å²) in [4.78, 5) is 23.4. The molecule has 2 rings (SSSR count). The molecule has 0 bridgehead atoms. The number of rotatable bonds is 2. The molecule has 0 saturated heterocycles. The van der Waals surface area contributed by atoms with Crippen molar-refractivity contribution < 1.29 is 14.7 Å². The second-order valence-corrected chi connectivity index (χ2v) is 8.46. The second kappa shape index (κ2) is 5.56. The van der Waals surface area contributed by atoms with E-state index in [0.29, 0.717) is 0 Å². The van der Waals surface area contributed by atoms with Crippen LogP contribution < -0.4 is 0 Å². The number of carbonyl (C=O) groups excluding carboxylic acids is 1. The summed E-state index contributed by atoms with van der Waals surface area (Å²) in [6.07, 6.45) is 2.62. The molecular weight excluding hydrogens is 388 g/mol. The Morgan fingerprint density at radius 2 is 2.05 bits per heavy atom. The molecule has 0 aromatic heterocycles. The van der Waals surface area contributed by atoms with Crippen molar-refractivity contribution in [3.05, 3.63) is 11.1 Å². The summed E-state index contributed by atoms with van der Waals surface area (Å²) in [7, 11) is 0. The molecule has 0 heterocycles. The van der Waals surface area contributed by atoms with Crippen LogP contribution in [0.5, 0.6) is 0 Å². The minimum absolute atomic E-state index is 0.00491. The number of hydrogen-bond acceptors (Lipinski definition) is 2. The Labute approximate surface area is 136 Å². The van der Waals surface area contributed by atoms with E-state index >= 15 is 0 Å². The van der Waals surface area contributed by atoms with Crippen LogP contribution in [-0.2, 0) is 9.59 Å². The van der Waals surface area contributed by atoms with E-state index in [-0.39, 0.29) is 26.8 Å². The van der Waals surface area contributed by atoms with E-state index in [1.165, 1.54) is 0 Å². The highest BCUT2D eigenvalue weighted by Gasteiger charge is 2.49. The van der Waals surface area contributed by atoms with Crippen molar-refractivity contribution in [2.45, 2.75) is 49.7 Å². The summed E-state index contributed by atoms with van der Waals surface area (Å²) in [6, 6.07) is 0. The molecule has 0 amide bonds. The quantitative estimate of drug-likeness (QED) is 0.705. The number of fused-ring (bicyclic) bond motifs is 1. The van der Waals surface area contributed by atoms with Crippen LogP contribution in [0.1, 0.15) is 40.0 Å². The third-order valence-corrected chi connectivity index (χ3v) is 6.93. The maximum atomic E-state index is 12.2. The predicted molar refractivity (Wildman–Crippen MR) is 85.4 cm³/mol. The van der Waals surface area contributed by atoms with Crippen LogP contribution in [0.15, 0.2) is 11.1 Å². The lowest BCUT2D eigenvalue weighted by Gasteiger charge is -2.48. The first kappa shape index (κ1) is 16.2. The zero-order chi connectivity index (χ0) is 15.2. The van der Waals surface area contributed by atoms with Crippen LogP contribution in [0.25, 0.3) is 0 Å². The monoisotopic (exact) mass is 406 g/mol. The molecular formula is C15H20Br2O3. The van der Waals surface area contributed by atoms with Crippen molar-refractivity contribution in [2.75, 3.05) is 0 Å². The fourth-order valence-corrected chi connectivity index (χ4v) is 6.40. The average molecular weight is 408 g/mol. The van der Waals surface area contributed by atoms with Gasteiger partial charge in [-0.25, -0.2) is 0 Å². The number of carboxylic acids is 1. The van der Waals surface area contributed by atoms with Crippen molar-refractivity contribution >= 4 is 43.6 Å². The van der Waals surface area contributed by atoms with Crippen LogP contribution in [0, 0.1) is 17.3 Å². The van der Waals surface area contributed by atoms with Gasteiger partial charge < -0.3 is 5.11 Å². The van der Waals surface area contributed by atoms with E-state index in [0.717, 1.165) is 30.4 Å². The Bertz CT molecular complexity index is 486. The molecule has 1 fully saturated rings. The van der Waals surface area contributed by atoms with Crippen LogP contribution in [-0.4, -0.2) is 26.5 Å². The molecule has 2 unspecified atom stereocenters. The van der Waals surface area contributed by atoms with Crippen molar-refractivity contribution in [3.8, 4) is 0 Å². The fourth-order valence-electron chi connectivity index (χ4n) is 3.73. The fraction of sp³-hybridized carbons (Fsp3) is 0.733. The van der Waals surface area contributed by atoms with E-state index in [2.05, 4.69) is 38.8 Å². The van der Waals surface area contributed by atoms with E-state index in [9.17, 15) is 14.7 Å². The second-order valence-electron chi connectivity index (χ2n) is 6.37. The minimum Gasteiger partial charge on any atom is -0.481 e. The molecule has 3 nitrogen and oxygen atoms in total. The van der Waals surface area contributed by atoms with Gasteiger partial charge in [-0.15, -0.1) is 0 Å². The first-order valence-electron chi connectivity index (χ1n) is 6.95. The third-order valence-electron chi connectivity index (χ3n) is 5.05. The lowest BCUT2D eigenvalue weighted by molar-refractivity contribution is -0.143. The van der Waals surface area contributed by atoms with Gasteiger partial charge >= 0.3 is 5.97 Å². The van der Waals surface area contributed by atoms with Gasteiger partial charge in [0.15, 0.2) is 5.78 Å². The van der Waals surface area contributed by atoms with Gasteiger partial charge in [0, 0.05) is 4.83 Å². The smallest absolute Gasteiger partial charge is 0.306 e. The molecule has 20 heavy (non-hydrogen) atoms. The average Bonchev–Trinajstić information content (AvgIpc) is 2.35. The number of alkyl halides is 2. The third kappa shape index (κ3) is 2.52. The maximum absolute atomic E-state index is 12.2. The van der Waals surface area contributed by atoms with Crippen LogP contribution in [0.2, 0.25) is 0 Å². The number of halogens is 2. The standard InChI is InChI=1S/C15H20Br2O3/c1-7(14(19)20)9-4-5-15(3)6-10(16)13(18)8(2)11(15)12(9)17/h7,9-10,12H,4-6H2,1-3H3,(H,19,20)/t7?,9-,10?,12-,15+/m0/s1. The highest BCUT2D eigenvalue weighted by Crippen LogP contribution is 2.54. The van der Waals surface area contributed by atoms with Crippen LogP contribution in [0.3, 0.4) is 0 Å². The van der Waals surface area contributed by atoms with E-state index in [4.69, 9.17) is 0 Å². The van der Waals surface area contributed by atoms with Gasteiger partial charge in [-0.1, -0.05) is 45.7 Å². The molecule has 1 saturated carbocycles. The zero-order valence-electron chi connectivity index (χ0n) is 12.0. The Morgan fingerprint density at radius 1 is 1.45 bits per heavy atom. The number of allylic oxidation sites excluding steroid dienone is 2. The molecule has 2 aliphatic carbocycles. The number of carboxylic acid groups (broad SMARTS) is 1. The normalized spacial score (nSPS) is 39.5. The molecule has 0 aromatic carbocycles. The van der Waals surface area contributed by atoms with Crippen LogP contribution >= 0.6 is 31.9 Å². The molecule has 1 N–H and O–H groups in total. The molecule has 5 heteroatoms. The highest BCUT2D eigenvalue weighted by atomic mass is 79.9. The first-order chi connectivity index (χ1) is 9.19. The lowest BCUT2D eigenvalue weighted by atomic mass is 9.60. The van der Waals surface area contributed by atoms with Crippen molar-refractivity contribution in [1.82, 2.24) is 0 Å². The van der Waals surface area contributed by atoms with Gasteiger partial charge in [0.1, 0.15) is 0 Å². The lowest BCUT2D eigenvalue weighted by Crippen LogP contribution is -2.45. The molecule has 0 spiro atoms. The summed E-state index contributed by atoms with van der Waals surface area (Å²) in [5, 5.41) is 9.26. The number of aliphatic carboxylic acids is 1. The number of Topliss-reactive ketones (excluding diaryl/α,β-unsaturated/α-hetero) is 1. The summed E-state index contributed by atoms with van der Waals surface area (Å²) < 4.78 is 0. The molecule has 0 aromatic rings. The van der Waals surface area contributed by atoms with Crippen molar-refractivity contribution in [2.24, 2.45) is 17.3 Å². The molecule has 5 atom stereocenters. The Morgan fingerprint density at radius 3 is 2.60 bits per heavy atom. The Balaban J connectivity index is 2.42. The Kier molecular flexibility index (Phi) is 4.51. The maximum Gasteiger partial charge on any atom is 0.306 e.